The number of piperazine rings is 1. The van der Waals surface area contributed by atoms with Crippen molar-refractivity contribution in [3.05, 3.63) is 24.5 Å². The van der Waals surface area contributed by atoms with E-state index >= 15 is 0 Å². The molecule has 1 atom stereocenters. The molecule has 1 fully saturated rings. The van der Waals surface area contributed by atoms with Crippen molar-refractivity contribution >= 4 is 40.7 Å². The second-order valence-corrected chi connectivity index (χ2v) is 7.09. The van der Waals surface area contributed by atoms with Gasteiger partial charge in [-0.25, -0.2) is 8.42 Å². The average Bonchev–Trinajstić information content (AvgIpc) is 2.47. The summed E-state index contributed by atoms with van der Waals surface area (Å²) in [6.45, 7) is 3.15. The number of carbonyl (C=O) groups is 1. The maximum absolute atomic E-state index is 12.4. The zero-order valence-corrected chi connectivity index (χ0v) is 15.2. The van der Waals surface area contributed by atoms with Gasteiger partial charge in [0.25, 0.3) is 0 Å². The van der Waals surface area contributed by atoms with Crippen LogP contribution in [-0.2, 0) is 14.8 Å². The van der Waals surface area contributed by atoms with Crippen molar-refractivity contribution in [3.8, 4) is 0 Å². The highest BCUT2D eigenvalue weighted by Gasteiger charge is 2.30. The van der Waals surface area contributed by atoms with Gasteiger partial charge in [0.1, 0.15) is 4.90 Å². The molecule has 1 aliphatic rings. The van der Waals surface area contributed by atoms with Gasteiger partial charge in [-0.15, -0.1) is 24.8 Å². The third kappa shape index (κ3) is 5.58. The van der Waals surface area contributed by atoms with E-state index in [4.69, 9.17) is 5.73 Å². The van der Waals surface area contributed by atoms with Gasteiger partial charge in [-0.1, -0.05) is 0 Å². The summed E-state index contributed by atoms with van der Waals surface area (Å²) in [6, 6.07) is 2.93. The van der Waals surface area contributed by atoms with Gasteiger partial charge in [-0.05, 0) is 19.1 Å². The van der Waals surface area contributed by atoms with Crippen molar-refractivity contribution in [2.24, 2.45) is 5.73 Å². The molecule has 10 heteroatoms. The predicted molar refractivity (Wildman–Crippen MR) is 92.3 cm³/mol. The molecule has 7 nitrogen and oxygen atoms in total. The monoisotopic (exact) mass is 384 g/mol. The number of carbonyl (C=O) groups excluding carboxylic acids is 1. The molecule has 0 bridgehead atoms. The van der Waals surface area contributed by atoms with Gasteiger partial charge >= 0.3 is 0 Å². The molecular formula is C13H22Cl2N4O3S. The van der Waals surface area contributed by atoms with Crippen LogP contribution in [0.2, 0.25) is 0 Å². The molecule has 0 radical (unpaired) electrons. The molecule has 2 heterocycles. The van der Waals surface area contributed by atoms with E-state index in [1.807, 2.05) is 0 Å². The summed E-state index contributed by atoms with van der Waals surface area (Å²) < 4.78 is 26.2. The summed E-state index contributed by atoms with van der Waals surface area (Å²) in [5, 5.41) is 0. The molecule has 1 amide bonds. The molecule has 0 aromatic carbocycles. The number of hydrogen-bond acceptors (Lipinski definition) is 5. The Kier molecular flexibility index (Phi) is 9.01. The Morgan fingerprint density at radius 1 is 1.30 bits per heavy atom. The zero-order valence-electron chi connectivity index (χ0n) is 12.8. The molecule has 0 aliphatic carbocycles. The number of aromatic nitrogens is 1. The van der Waals surface area contributed by atoms with Crippen LogP contribution < -0.4 is 5.73 Å². The fourth-order valence-corrected chi connectivity index (χ4v) is 3.62. The minimum absolute atomic E-state index is 0. The zero-order chi connectivity index (χ0) is 15.5. The molecular weight excluding hydrogens is 363 g/mol. The van der Waals surface area contributed by atoms with E-state index in [1.54, 1.807) is 17.9 Å². The summed E-state index contributed by atoms with van der Waals surface area (Å²) in [7, 11) is -3.53. The van der Waals surface area contributed by atoms with Crippen LogP contribution >= 0.6 is 24.8 Å². The van der Waals surface area contributed by atoms with Crippen molar-refractivity contribution in [3.63, 3.8) is 0 Å². The minimum atomic E-state index is -3.53. The Hall–Kier alpha value is -0.930. The molecule has 1 unspecified atom stereocenters. The quantitative estimate of drug-likeness (QED) is 0.814. The van der Waals surface area contributed by atoms with Crippen molar-refractivity contribution < 1.29 is 13.2 Å². The van der Waals surface area contributed by atoms with Crippen LogP contribution in [0.3, 0.4) is 0 Å². The molecule has 132 valence electrons. The highest BCUT2D eigenvalue weighted by atomic mass is 35.5. The molecule has 1 aromatic heterocycles. The van der Waals surface area contributed by atoms with E-state index < -0.39 is 10.0 Å². The summed E-state index contributed by atoms with van der Waals surface area (Å²) in [5.74, 6) is -0.0246. The standard InChI is InChI=1S/C13H20N4O3S.2ClH/c1-11(14)9-13(18)16-5-7-17(8-6-16)21(19,20)12-3-2-4-15-10-12;;/h2-4,10-11H,5-9,14H2,1H3;2*1H. The Labute approximate surface area is 149 Å². The topological polar surface area (TPSA) is 96.6 Å². The van der Waals surface area contributed by atoms with Crippen molar-refractivity contribution in [1.82, 2.24) is 14.2 Å². The summed E-state index contributed by atoms with van der Waals surface area (Å²) in [4.78, 5) is 17.6. The first-order valence-corrected chi connectivity index (χ1v) is 8.29. The number of pyridine rings is 1. The molecule has 2 rings (SSSR count). The first-order chi connectivity index (χ1) is 9.91. The van der Waals surface area contributed by atoms with E-state index in [0.717, 1.165) is 0 Å². The second kappa shape index (κ2) is 9.39. The van der Waals surface area contributed by atoms with Crippen molar-refractivity contribution in [2.75, 3.05) is 26.2 Å². The largest absolute Gasteiger partial charge is 0.340 e. The third-order valence-electron chi connectivity index (χ3n) is 3.36. The predicted octanol–water partition coefficient (Wildman–Crippen LogP) is 0.495. The van der Waals surface area contributed by atoms with Gasteiger partial charge < -0.3 is 10.6 Å². The van der Waals surface area contributed by atoms with Crippen LogP contribution in [0.5, 0.6) is 0 Å². The van der Waals surface area contributed by atoms with Gasteiger partial charge in [-0.3, -0.25) is 9.78 Å². The highest BCUT2D eigenvalue weighted by molar-refractivity contribution is 7.89. The molecule has 0 saturated carbocycles. The number of nitrogens with zero attached hydrogens (tertiary/aromatic N) is 3. The van der Waals surface area contributed by atoms with Crippen LogP contribution in [0.15, 0.2) is 29.4 Å². The lowest BCUT2D eigenvalue weighted by Crippen LogP contribution is -2.51. The smallest absolute Gasteiger partial charge is 0.244 e. The van der Waals surface area contributed by atoms with Crippen LogP contribution in [0.1, 0.15) is 13.3 Å². The molecule has 23 heavy (non-hydrogen) atoms. The maximum Gasteiger partial charge on any atom is 0.244 e. The van der Waals surface area contributed by atoms with E-state index in [1.165, 1.54) is 22.8 Å². The first kappa shape index (κ1) is 22.1. The number of hydrogen-bond donors (Lipinski definition) is 1. The van der Waals surface area contributed by atoms with Gasteiger partial charge in [0.2, 0.25) is 15.9 Å². The lowest BCUT2D eigenvalue weighted by molar-refractivity contribution is -0.132. The lowest BCUT2D eigenvalue weighted by Gasteiger charge is -2.34. The van der Waals surface area contributed by atoms with E-state index in [-0.39, 0.29) is 48.1 Å². The Morgan fingerprint density at radius 3 is 2.39 bits per heavy atom. The summed E-state index contributed by atoms with van der Waals surface area (Å²) >= 11 is 0. The number of nitrogens with two attached hydrogens (primary N) is 1. The molecule has 1 saturated heterocycles. The fourth-order valence-electron chi connectivity index (χ4n) is 2.23. The first-order valence-electron chi connectivity index (χ1n) is 6.85. The van der Waals surface area contributed by atoms with Gasteiger partial charge in [0, 0.05) is 51.0 Å². The van der Waals surface area contributed by atoms with E-state index in [0.29, 0.717) is 26.2 Å². The lowest BCUT2D eigenvalue weighted by atomic mass is 10.2. The average molecular weight is 385 g/mol. The van der Waals surface area contributed by atoms with Gasteiger partial charge in [0.15, 0.2) is 0 Å². The number of sulfonamides is 1. The Bertz CT molecular complexity index is 590. The normalized spacial score (nSPS) is 16.9. The van der Waals surface area contributed by atoms with Gasteiger partial charge in [-0.2, -0.15) is 4.31 Å². The van der Waals surface area contributed by atoms with Crippen molar-refractivity contribution in [2.45, 2.75) is 24.3 Å². The Morgan fingerprint density at radius 2 is 1.91 bits per heavy atom. The third-order valence-corrected chi connectivity index (χ3v) is 5.24. The van der Waals surface area contributed by atoms with Crippen LogP contribution in [-0.4, -0.2) is 60.7 Å². The van der Waals surface area contributed by atoms with Crippen LogP contribution in [0, 0.1) is 0 Å². The minimum Gasteiger partial charge on any atom is -0.340 e. The number of halogens is 2. The SMILES string of the molecule is CC(N)CC(=O)N1CCN(S(=O)(=O)c2cccnc2)CC1.Cl.Cl. The molecule has 1 aromatic rings. The molecule has 1 aliphatic heterocycles. The van der Waals surface area contributed by atoms with Crippen LogP contribution in [0.25, 0.3) is 0 Å². The second-order valence-electron chi connectivity index (χ2n) is 5.16. The Balaban J connectivity index is 0.00000242. The number of rotatable bonds is 4. The van der Waals surface area contributed by atoms with Crippen molar-refractivity contribution in [1.29, 1.82) is 0 Å². The number of amides is 1. The highest BCUT2D eigenvalue weighted by Crippen LogP contribution is 2.16. The van der Waals surface area contributed by atoms with Gasteiger partial charge in [0.05, 0.1) is 0 Å². The summed E-state index contributed by atoms with van der Waals surface area (Å²) in [6.07, 6.45) is 3.15. The maximum atomic E-state index is 12.4. The molecule has 0 spiro atoms. The molecule has 2 N–H and O–H groups in total. The fraction of sp³-hybridized carbons (Fsp3) is 0.538. The van der Waals surface area contributed by atoms with E-state index in [2.05, 4.69) is 4.98 Å². The van der Waals surface area contributed by atoms with Crippen LogP contribution in [0.4, 0.5) is 0 Å². The van der Waals surface area contributed by atoms with E-state index in [9.17, 15) is 13.2 Å². The summed E-state index contributed by atoms with van der Waals surface area (Å²) in [5.41, 5.74) is 5.61.